The van der Waals surface area contributed by atoms with Crippen LogP contribution in [0.4, 0.5) is 5.69 Å². The summed E-state index contributed by atoms with van der Waals surface area (Å²) < 4.78 is 0. The quantitative estimate of drug-likeness (QED) is 0.302. The maximum atomic E-state index is 13.1. The van der Waals surface area contributed by atoms with Gasteiger partial charge < -0.3 is 5.32 Å². The van der Waals surface area contributed by atoms with Crippen LogP contribution in [-0.4, -0.2) is 12.0 Å². The van der Waals surface area contributed by atoms with E-state index in [1.807, 2.05) is 36.4 Å². The molecule has 0 aliphatic rings. The third-order valence-corrected chi connectivity index (χ3v) is 6.16. The van der Waals surface area contributed by atoms with Crippen LogP contribution in [0.3, 0.4) is 0 Å². The molecule has 0 aromatic heterocycles. The molecule has 0 bridgehead atoms. The van der Waals surface area contributed by atoms with Crippen LogP contribution >= 0.6 is 23.4 Å². The number of Topliss-reactive ketones (excluding diaryl/α,β-unsaturated/α-hetero) is 1. The number of carbonyl (C=O) groups is 1. The molecule has 0 heterocycles. The van der Waals surface area contributed by atoms with Crippen molar-refractivity contribution in [3.63, 3.8) is 0 Å². The fraction of sp³-hybridized carbons (Fsp3) is 0.269. The summed E-state index contributed by atoms with van der Waals surface area (Å²) in [5.74, 6) is 0.121. The predicted octanol–water partition coefficient (Wildman–Crippen LogP) is 7.79. The van der Waals surface area contributed by atoms with Crippen LogP contribution in [0.25, 0.3) is 0 Å². The summed E-state index contributed by atoms with van der Waals surface area (Å²) in [4.78, 5) is 14.3. The average Bonchev–Trinajstić information content (AvgIpc) is 2.74. The van der Waals surface area contributed by atoms with E-state index in [9.17, 15) is 4.79 Å². The van der Waals surface area contributed by atoms with Gasteiger partial charge in [-0.15, -0.1) is 11.8 Å². The van der Waals surface area contributed by atoms with Crippen molar-refractivity contribution in [1.82, 2.24) is 0 Å². The molecule has 1 N–H and O–H groups in total. The van der Waals surface area contributed by atoms with E-state index in [0.29, 0.717) is 11.4 Å². The maximum Gasteiger partial charge on any atom is 0.165 e. The van der Waals surface area contributed by atoms with Gasteiger partial charge in [-0.1, -0.05) is 68.8 Å². The van der Waals surface area contributed by atoms with E-state index in [1.54, 1.807) is 11.8 Å². The number of benzene rings is 3. The SMILES string of the molecule is CSc1ccc([C@@H](CC(=O)c2ccc(C(C)(C)C)cc2)Nc2ccc(Cl)cc2)cc1. The van der Waals surface area contributed by atoms with E-state index < -0.39 is 0 Å². The molecule has 0 saturated carbocycles. The largest absolute Gasteiger partial charge is 0.378 e. The van der Waals surface area contributed by atoms with Crippen LogP contribution in [-0.2, 0) is 5.41 Å². The number of ketones is 1. The molecular formula is C26H28ClNOS. The zero-order chi connectivity index (χ0) is 21.7. The van der Waals surface area contributed by atoms with Crippen LogP contribution in [0.15, 0.2) is 77.7 Å². The first-order valence-corrected chi connectivity index (χ1v) is 11.7. The number of thioether (sulfide) groups is 1. The van der Waals surface area contributed by atoms with Crippen molar-refractivity contribution in [3.05, 3.63) is 94.5 Å². The van der Waals surface area contributed by atoms with Gasteiger partial charge in [0.1, 0.15) is 0 Å². The third-order valence-electron chi connectivity index (χ3n) is 5.17. The highest BCUT2D eigenvalue weighted by atomic mass is 35.5. The first-order chi connectivity index (χ1) is 14.3. The highest BCUT2D eigenvalue weighted by molar-refractivity contribution is 7.98. The number of nitrogens with one attached hydrogen (secondary N) is 1. The van der Waals surface area contributed by atoms with Crippen molar-refractivity contribution in [1.29, 1.82) is 0 Å². The summed E-state index contributed by atoms with van der Waals surface area (Å²) >= 11 is 7.73. The molecule has 0 unspecified atom stereocenters. The number of anilines is 1. The summed E-state index contributed by atoms with van der Waals surface area (Å²) in [7, 11) is 0. The molecule has 0 aliphatic heterocycles. The van der Waals surface area contributed by atoms with E-state index in [1.165, 1.54) is 10.5 Å². The van der Waals surface area contributed by atoms with Gasteiger partial charge in [-0.3, -0.25) is 4.79 Å². The first kappa shape index (κ1) is 22.5. The monoisotopic (exact) mass is 437 g/mol. The van der Waals surface area contributed by atoms with Gasteiger partial charge in [0, 0.05) is 27.6 Å². The summed E-state index contributed by atoms with van der Waals surface area (Å²) in [5, 5.41) is 4.20. The third kappa shape index (κ3) is 5.90. The van der Waals surface area contributed by atoms with Crippen LogP contribution in [0.2, 0.25) is 5.02 Å². The Kier molecular flexibility index (Phi) is 7.27. The summed E-state index contributed by atoms with van der Waals surface area (Å²) in [6, 6.07) is 23.8. The lowest BCUT2D eigenvalue weighted by molar-refractivity contribution is 0.0976. The molecule has 3 aromatic rings. The topological polar surface area (TPSA) is 29.1 Å². The van der Waals surface area contributed by atoms with E-state index in [2.05, 4.69) is 68.7 Å². The van der Waals surface area contributed by atoms with E-state index >= 15 is 0 Å². The Labute approximate surface area is 189 Å². The molecule has 2 nitrogen and oxygen atoms in total. The molecule has 3 aromatic carbocycles. The lowest BCUT2D eigenvalue weighted by Gasteiger charge is -2.21. The number of rotatable bonds is 7. The predicted molar refractivity (Wildman–Crippen MR) is 130 cm³/mol. The zero-order valence-electron chi connectivity index (χ0n) is 17.9. The number of halogens is 1. The number of carbonyl (C=O) groups excluding carboxylic acids is 1. The molecule has 0 amide bonds. The van der Waals surface area contributed by atoms with E-state index in [4.69, 9.17) is 11.6 Å². The molecule has 0 radical (unpaired) electrons. The summed E-state index contributed by atoms with van der Waals surface area (Å²) in [6.45, 7) is 6.52. The summed E-state index contributed by atoms with van der Waals surface area (Å²) in [5.41, 5.74) is 4.06. The van der Waals surface area contributed by atoms with Gasteiger partial charge in [0.05, 0.1) is 6.04 Å². The van der Waals surface area contributed by atoms with Crippen LogP contribution < -0.4 is 5.32 Å². The number of hydrogen-bond donors (Lipinski definition) is 1. The molecule has 0 spiro atoms. The van der Waals surface area contributed by atoms with E-state index in [0.717, 1.165) is 16.8 Å². The molecule has 0 fully saturated rings. The number of hydrogen-bond acceptors (Lipinski definition) is 3. The van der Waals surface area contributed by atoms with Crippen molar-refractivity contribution >= 4 is 34.8 Å². The Morgan fingerprint density at radius 1 is 0.933 bits per heavy atom. The normalized spacial score (nSPS) is 12.4. The molecule has 1 atom stereocenters. The Bertz CT molecular complexity index is 974. The van der Waals surface area contributed by atoms with Gasteiger partial charge in [0.2, 0.25) is 0 Å². The van der Waals surface area contributed by atoms with Crippen molar-refractivity contribution in [3.8, 4) is 0 Å². The second-order valence-corrected chi connectivity index (χ2v) is 9.75. The minimum atomic E-state index is -0.128. The zero-order valence-corrected chi connectivity index (χ0v) is 19.5. The first-order valence-electron chi connectivity index (χ1n) is 10.1. The van der Waals surface area contributed by atoms with Crippen LogP contribution in [0.5, 0.6) is 0 Å². The molecule has 0 aliphatic carbocycles. The second kappa shape index (κ2) is 9.72. The fourth-order valence-electron chi connectivity index (χ4n) is 3.30. The lowest BCUT2D eigenvalue weighted by Crippen LogP contribution is -2.16. The van der Waals surface area contributed by atoms with Gasteiger partial charge in [0.15, 0.2) is 5.78 Å². The van der Waals surface area contributed by atoms with Crippen molar-refractivity contribution < 1.29 is 4.79 Å². The molecule has 0 saturated heterocycles. The minimum Gasteiger partial charge on any atom is -0.378 e. The van der Waals surface area contributed by atoms with Gasteiger partial charge in [-0.2, -0.15) is 0 Å². The minimum absolute atomic E-state index is 0.0687. The maximum absolute atomic E-state index is 13.1. The standard InChI is InChI=1S/C26H28ClNOS/c1-26(2,3)20-9-5-19(6-10-20)25(29)17-24(18-7-15-23(30-4)16-8-18)28-22-13-11-21(27)12-14-22/h5-16,24,28H,17H2,1-4H3/t24-/m1/s1. The molecule has 30 heavy (non-hydrogen) atoms. The summed E-state index contributed by atoms with van der Waals surface area (Å²) in [6.07, 6.45) is 2.43. The second-order valence-electron chi connectivity index (χ2n) is 8.43. The molecule has 4 heteroatoms. The van der Waals surface area contributed by atoms with Gasteiger partial charge in [-0.05, 0) is 59.2 Å². The average molecular weight is 438 g/mol. The Hall–Kier alpha value is -2.23. The van der Waals surface area contributed by atoms with Crippen LogP contribution in [0, 0.1) is 0 Å². The van der Waals surface area contributed by atoms with Crippen molar-refractivity contribution in [2.24, 2.45) is 0 Å². The lowest BCUT2D eigenvalue weighted by atomic mass is 9.86. The van der Waals surface area contributed by atoms with Crippen molar-refractivity contribution in [2.75, 3.05) is 11.6 Å². The highest BCUT2D eigenvalue weighted by Crippen LogP contribution is 2.28. The Morgan fingerprint density at radius 2 is 1.53 bits per heavy atom. The molecule has 156 valence electrons. The van der Waals surface area contributed by atoms with Crippen molar-refractivity contribution in [2.45, 2.75) is 43.5 Å². The van der Waals surface area contributed by atoms with Gasteiger partial charge >= 0.3 is 0 Å². The fourth-order valence-corrected chi connectivity index (χ4v) is 3.83. The van der Waals surface area contributed by atoms with E-state index in [-0.39, 0.29) is 17.2 Å². The van der Waals surface area contributed by atoms with Gasteiger partial charge in [-0.25, -0.2) is 0 Å². The Morgan fingerprint density at radius 3 is 2.07 bits per heavy atom. The van der Waals surface area contributed by atoms with Gasteiger partial charge in [0.25, 0.3) is 0 Å². The Balaban J connectivity index is 1.83. The van der Waals surface area contributed by atoms with Crippen LogP contribution in [0.1, 0.15) is 54.7 Å². The smallest absolute Gasteiger partial charge is 0.165 e. The highest BCUT2D eigenvalue weighted by Gasteiger charge is 2.19. The molecule has 3 rings (SSSR count). The molecular weight excluding hydrogens is 410 g/mol.